The van der Waals surface area contributed by atoms with Crippen molar-refractivity contribution < 1.29 is 14.8 Å². The zero-order chi connectivity index (χ0) is 10.7. The molecular weight excluding hydrogens is 210 g/mol. The molecule has 1 rings (SSSR count). The number of aliphatic hydroxyl groups excluding tert-OH is 1. The molecule has 0 aromatic heterocycles. The van der Waals surface area contributed by atoms with Crippen LogP contribution in [0.15, 0.2) is 12.1 Å². The summed E-state index contributed by atoms with van der Waals surface area (Å²) < 4.78 is 4.88. The Labute approximate surface area is 85.0 Å². The van der Waals surface area contributed by atoms with E-state index in [9.17, 15) is 10.1 Å². The van der Waals surface area contributed by atoms with E-state index in [2.05, 4.69) is 0 Å². The van der Waals surface area contributed by atoms with Crippen LogP contribution in [0.4, 0.5) is 5.69 Å². The molecule has 0 aliphatic carbocycles. The van der Waals surface area contributed by atoms with E-state index >= 15 is 0 Å². The van der Waals surface area contributed by atoms with Crippen LogP contribution < -0.4 is 4.74 Å². The number of ether oxygens (including phenoxy) is 1. The minimum Gasteiger partial charge on any atom is -0.496 e. The van der Waals surface area contributed by atoms with Crippen LogP contribution in [0.1, 0.15) is 5.56 Å². The standard InChI is InChI=1S/C8H8ClNO4/c1-14-7-3-2-6(10(12)13)8(9)5(7)4-11/h2-3,11H,4H2,1H3. The van der Waals surface area contributed by atoms with E-state index < -0.39 is 11.5 Å². The molecule has 0 bridgehead atoms. The Morgan fingerprint density at radius 2 is 2.29 bits per heavy atom. The smallest absolute Gasteiger partial charge is 0.288 e. The van der Waals surface area contributed by atoms with Crippen molar-refractivity contribution >= 4 is 17.3 Å². The van der Waals surface area contributed by atoms with E-state index in [1.54, 1.807) is 0 Å². The van der Waals surface area contributed by atoms with E-state index in [-0.39, 0.29) is 16.3 Å². The summed E-state index contributed by atoms with van der Waals surface area (Å²) in [4.78, 5) is 9.88. The number of hydrogen-bond donors (Lipinski definition) is 1. The molecule has 1 N–H and O–H groups in total. The van der Waals surface area contributed by atoms with Gasteiger partial charge in [0, 0.05) is 11.6 Å². The van der Waals surface area contributed by atoms with Gasteiger partial charge in [0.1, 0.15) is 10.8 Å². The van der Waals surface area contributed by atoms with Crippen LogP contribution in [0.3, 0.4) is 0 Å². The van der Waals surface area contributed by atoms with Crippen LogP contribution in [0, 0.1) is 10.1 Å². The normalized spacial score (nSPS) is 9.93. The predicted molar refractivity (Wildman–Crippen MR) is 50.6 cm³/mol. The summed E-state index contributed by atoms with van der Waals surface area (Å²) in [5.41, 5.74) is -0.0140. The molecule has 0 aliphatic rings. The number of methoxy groups -OCH3 is 1. The fourth-order valence-corrected chi connectivity index (χ4v) is 1.36. The van der Waals surface area contributed by atoms with Gasteiger partial charge in [-0.3, -0.25) is 10.1 Å². The molecule has 76 valence electrons. The highest BCUT2D eigenvalue weighted by molar-refractivity contribution is 6.33. The molecule has 0 aliphatic heterocycles. The van der Waals surface area contributed by atoms with Crippen LogP contribution in [0.5, 0.6) is 5.75 Å². The molecule has 0 amide bonds. The molecule has 1 aromatic carbocycles. The van der Waals surface area contributed by atoms with E-state index in [1.807, 2.05) is 0 Å². The third-order valence-corrected chi connectivity index (χ3v) is 2.18. The van der Waals surface area contributed by atoms with Gasteiger partial charge in [0.2, 0.25) is 0 Å². The van der Waals surface area contributed by atoms with Crippen molar-refractivity contribution in [1.82, 2.24) is 0 Å². The molecule has 0 atom stereocenters. The number of hydrogen-bond acceptors (Lipinski definition) is 4. The first-order chi connectivity index (χ1) is 6.61. The summed E-state index contributed by atoms with van der Waals surface area (Å²) in [5, 5.41) is 19.4. The molecule has 5 nitrogen and oxygen atoms in total. The highest BCUT2D eigenvalue weighted by Gasteiger charge is 2.18. The quantitative estimate of drug-likeness (QED) is 0.618. The lowest BCUT2D eigenvalue weighted by Gasteiger charge is -2.07. The molecule has 0 saturated heterocycles. The summed E-state index contributed by atoms with van der Waals surface area (Å²) in [5.74, 6) is 0.336. The minimum absolute atomic E-state index is 0.0862. The van der Waals surface area contributed by atoms with Crippen LogP contribution in [-0.2, 0) is 6.61 Å². The first-order valence-electron chi connectivity index (χ1n) is 3.72. The van der Waals surface area contributed by atoms with Crippen LogP contribution in [0.25, 0.3) is 0 Å². The van der Waals surface area contributed by atoms with E-state index in [1.165, 1.54) is 19.2 Å². The molecule has 0 heterocycles. The third-order valence-electron chi connectivity index (χ3n) is 1.75. The molecule has 0 spiro atoms. The average Bonchev–Trinajstić information content (AvgIpc) is 2.16. The Hall–Kier alpha value is -1.33. The minimum atomic E-state index is -0.610. The highest BCUT2D eigenvalue weighted by Crippen LogP contribution is 2.34. The second-order valence-corrected chi connectivity index (χ2v) is 2.87. The van der Waals surface area contributed by atoms with Gasteiger partial charge in [-0.2, -0.15) is 0 Å². The van der Waals surface area contributed by atoms with Crippen molar-refractivity contribution in [2.45, 2.75) is 6.61 Å². The lowest BCUT2D eigenvalue weighted by Crippen LogP contribution is -1.97. The van der Waals surface area contributed by atoms with Crippen molar-refractivity contribution in [3.8, 4) is 5.75 Å². The predicted octanol–water partition coefficient (Wildman–Crippen LogP) is 1.75. The Morgan fingerprint density at radius 3 is 2.71 bits per heavy atom. The van der Waals surface area contributed by atoms with Crippen molar-refractivity contribution in [3.05, 3.63) is 32.8 Å². The zero-order valence-electron chi connectivity index (χ0n) is 7.36. The number of nitro groups is 1. The number of rotatable bonds is 3. The number of halogens is 1. The third kappa shape index (κ3) is 1.78. The SMILES string of the molecule is COc1ccc([N+](=O)[O-])c(Cl)c1CO. The van der Waals surface area contributed by atoms with Crippen molar-refractivity contribution in [2.24, 2.45) is 0 Å². The lowest BCUT2D eigenvalue weighted by atomic mass is 10.2. The number of nitro benzene ring substituents is 1. The monoisotopic (exact) mass is 217 g/mol. The molecular formula is C8H8ClNO4. The summed E-state index contributed by atoms with van der Waals surface area (Å²) in [6.45, 7) is -0.399. The van der Waals surface area contributed by atoms with Crippen molar-refractivity contribution in [2.75, 3.05) is 7.11 Å². The number of benzene rings is 1. The summed E-state index contributed by atoms with van der Waals surface area (Å²) in [6.07, 6.45) is 0. The largest absolute Gasteiger partial charge is 0.496 e. The molecule has 0 unspecified atom stereocenters. The van der Waals surface area contributed by atoms with Gasteiger partial charge >= 0.3 is 0 Å². The van der Waals surface area contributed by atoms with E-state index in [4.69, 9.17) is 21.4 Å². The maximum Gasteiger partial charge on any atom is 0.288 e. The average molecular weight is 218 g/mol. The first-order valence-corrected chi connectivity index (χ1v) is 4.10. The summed E-state index contributed by atoms with van der Waals surface area (Å²) >= 11 is 5.71. The fraction of sp³-hybridized carbons (Fsp3) is 0.250. The Bertz CT molecular complexity index is 367. The molecule has 0 saturated carbocycles. The zero-order valence-corrected chi connectivity index (χ0v) is 8.11. The van der Waals surface area contributed by atoms with Gasteiger partial charge in [-0.15, -0.1) is 0 Å². The molecule has 0 radical (unpaired) electrons. The Morgan fingerprint density at radius 1 is 1.64 bits per heavy atom. The molecule has 1 aromatic rings. The Balaban J connectivity index is 3.34. The van der Waals surface area contributed by atoms with Crippen LogP contribution in [-0.4, -0.2) is 17.1 Å². The maximum absolute atomic E-state index is 10.5. The highest BCUT2D eigenvalue weighted by atomic mass is 35.5. The van der Waals surface area contributed by atoms with E-state index in [0.29, 0.717) is 5.75 Å². The van der Waals surface area contributed by atoms with Gasteiger partial charge in [-0.25, -0.2) is 0 Å². The molecule has 6 heteroatoms. The lowest BCUT2D eigenvalue weighted by molar-refractivity contribution is -0.384. The fourth-order valence-electron chi connectivity index (χ4n) is 1.07. The van der Waals surface area contributed by atoms with Gasteiger partial charge in [0.15, 0.2) is 0 Å². The van der Waals surface area contributed by atoms with Gasteiger partial charge < -0.3 is 9.84 Å². The van der Waals surface area contributed by atoms with E-state index in [0.717, 1.165) is 0 Å². The van der Waals surface area contributed by atoms with Gasteiger partial charge in [0.05, 0.1) is 18.6 Å². The molecule has 0 fully saturated rings. The summed E-state index contributed by atoms with van der Waals surface area (Å²) in [7, 11) is 1.40. The van der Waals surface area contributed by atoms with Crippen molar-refractivity contribution in [1.29, 1.82) is 0 Å². The van der Waals surface area contributed by atoms with Crippen molar-refractivity contribution in [3.63, 3.8) is 0 Å². The summed E-state index contributed by atoms with van der Waals surface area (Å²) in [6, 6.07) is 2.63. The topological polar surface area (TPSA) is 72.6 Å². The Kier molecular flexibility index (Phi) is 3.27. The van der Waals surface area contributed by atoms with Crippen LogP contribution >= 0.6 is 11.6 Å². The number of aliphatic hydroxyl groups is 1. The van der Waals surface area contributed by atoms with Gasteiger partial charge in [0.25, 0.3) is 5.69 Å². The molecule has 14 heavy (non-hydrogen) atoms. The van der Waals surface area contributed by atoms with Gasteiger partial charge in [-0.05, 0) is 6.07 Å². The van der Waals surface area contributed by atoms with Crippen LogP contribution in [0.2, 0.25) is 5.02 Å². The number of nitrogens with zero attached hydrogens (tertiary/aromatic N) is 1. The maximum atomic E-state index is 10.5. The second kappa shape index (κ2) is 4.26. The van der Waals surface area contributed by atoms with Gasteiger partial charge in [-0.1, -0.05) is 11.6 Å². The second-order valence-electron chi connectivity index (χ2n) is 2.49. The first kappa shape index (κ1) is 10.7.